The first kappa shape index (κ1) is 39.5. The van der Waals surface area contributed by atoms with Crippen molar-refractivity contribution in [2.75, 3.05) is 30.9 Å². The van der Waals surface area contributed by atoms with E-state index in [1.54, 1.807) is 104 Å². The van der Waals surface area contributed by atoms with Gasteiger partial charge in [-0.3, -0.25) is 19.2 Å². The minimum atomic E-state index is -0.461. The average Bonchev–Trinajstić information content (AvgIpc) is 3.19. The van der Waals surface area contributed by atoms with Crippen LogP contribution in [-0.4, -0.2) is 53.9 Å². The molecule has 2 N–H and O–H groups in total. The highest BCUT2D eigenvalue weighted by atomic mass is 35.5. The smallest absolute Gasteiger partial charge is 0.274 e. The Hall–Kier alpha value is -5.68. The lowest BCUT2D eigenvalue weighted by Gasteiger charge is -2.24. The molecule has 0 unspecified atom stereocenters. The topological polar surface area (TPSA) is 126 Å². The van der Waals surface area contributed by atoms with Crippen LogP contribution in [0, 0.1) is 0 Å². The molecule has 0 aromatic heterocycles. The minimum Gasteiger partial charge on any atom is -0.493 e. The summed E-state index contributed by atoms with van der Waals surface area (Å²) in [5, 5.41) is 12.4. The second-order valence-electron chi connectivity index (χ2n) is 11.7. The maximum absolute atomic E-state index is 13.4. The van der Waals surface area contributed by atoms with E-state index in [0.717, 1.165) is 24.1 Å². The number of benzene rings is 5. The summed E-state index contributed by atoms with van der Waals surface area (Å²) in [7, 11) is 1.59. The molecule has 0 saturated heterocycles. The molecule has 0 fully saturated rings. The SMILES string of the molecule is CCOc1cc(C2=NN(C(=O)c3cccc(NC(=O)c4ccc(NC(=O)c5ccc(Cl)cc5)cc4)c3)CCC2)ccc1OC.O=C(Cl)c1ccc(Cl)cc1. The van der Waals surface area contributed by atoms with Crippen LogP contribution >= 0.6 is 34.8 Å². The Labute approximate surface area is 327 Å². The molecule has 0 saturated carbocycles. The van der Waals surface area contributed by atoms with Gasteiger partial charge in [-0.25, -0.2) is 5.01 Å². The predicted octanol–water partition coefficient (Wildman–Crippen LogP) is 9.61. The van der Waals surface area contributed by atoms with Crippen molar-refractivity contribution < 1.29 is 28.7 Å². The Balaban J connectivity index is 0.000000486. The number of halogens is 3. The van der Waals surface area contributed by atoms with Crippen LogP contribution in [0.15, 0.2) is 120 Å². The molecular weight excluding hydrogens is 751 g/mol. The van der Waals surface area contributed by atoms with Crippen LogP contribution in [0.5, 0.6) is 11.5 Å². The summed E-state index contributed by atoms with van der Waals surface area (Å²) < 4.78 is 11.1. The molecule has 1 aliphatic heterocycles. The fraction of sp³-hybridized carbons (Fsp3) is 0.146. The highest BCUT2D eigenvalue weighted by Crippen LogP contribution is 2.30. The van der Waals surface area contributed by atoms with Crippen molar-refractivity contribution in [3.05, 3.63) is 153 Å². The molecule has 0 aliphatic carbocycles. The zero-order chi connectivity index (χ0) is 38.6. The lowest BCUT2D eigenvalue weighted by molar-refractivity contribution is 0.0751. The number of nitrogens with zero attached hydrogens (tertiary/aromatic N) is 2. The Bertz CT molecular complexity index is 2160. The van der Waals surface area contributed by atoms with Crippen LogP contribution in [0.3, 0.4) is 0 Å². The molecule has 0 radical (unpaired) electrons. The average molecular weight is 786 g/mol. The summed E-state index contributed by atoms with van der Waals surface area (Å²) in [4.78, 5) is 49.3. The standard InChI is InChI=1S/C34H31ClN4O5.C7H4Cl2O/c1-3-44-31-21-24(13-18-30(31)43-2)29-8-5-19-39(38-29)34(42)25-6-4-7-28(20-25)37-33(41)23-11-16-27(17-12-23)36-32(40)22-9-14-26(35)15-10-22;8-6-3-1-5(2-4-6)7(9)10/h4,6-7,9-18,20-21H,3,5,8,19H2,1-2H3,(H,36,40)(H,37,41);1-4H. The summed E-state index contributed by atoms with van der Waals surface area (Å²) in [5.41, 5.74) is 4.38. The zero-order valence-corrected chi connectivity index (χ0v) is 31.5. The van der Waals surface area contributed by atoms with E-state index in [1.165, 1.54) is 5.01 Å². The molecule has 0 bridgehead atoms. The molecule has 54 heavy (non-hydrogen) atoms. The van der Waals surface area contributed by atoms with Gasteiger partial charge in [0.15, 0.2) is 11.5 Å². The number of carbonyl (C=O) groups is 4. The molecule has 13 heteroatoms. The van der Waals surface area contributed by atoms with E-state index < -0.39 is 5.24 Å². The highest BCUT2D eigenvalue weighted by molar-refractivity contribution is 6.67. The molecule has 0 spiro atoms. The number of hydrogen-bond acceptors (Lipinski definition) is 7. The molecule has 276 valence electrons. The summed E-state index contributed by atoms with van der Waals surface area (Å²) in [6, 6.07) is 31.9. The van der Waals surface area contributed by atoms with E-state index in [0.29, 0.717) is 68.3 Å². The third-order valence-corrected chi connectivity index (χ3v) is 8.73. The maximum atomic E-state index is 13.4. The monoisotopic (exact) mass is 784 g/mol. The summed E-state index contributed by atoms with van der Waals surface area (Å²) in [6.45, 7) is 2.88. The Kier molecular flexibility index (Phi) is 13.8. The molecular formula is C41H35Cl3N4O6. The normalized spacial score (nSPS) is 12.0. The number of carbonyl (C=O) groups excluding carboxylic acids is 4. The molecule has 10 nitrogen and oxygen atoms in total. The number of amides is 3. The van der Waals surface area contributed by atoms with Gasteiger partial charge in [-0.05, 0) is 141 Å². The molecule has 3 amide bonds. The van der Waals surface area contributed by atoms with Crippen molar-refractivity contribution in [1.29, 1.82) is 0 Å². The van der Waals surface area contributed by atoms with E-state index in [1.807, 2.05) is 25.1 Å². The quantitative estimate of drug-likeness (QED) is 0.136. The second kappa shape index (κ2) is 18.9. The van der Waals surface area contributed by atoms with Crippen molar-refractivity contribution in [1.82, 2.24) is 5.01 Å². The van der Waals surface area contributed by atoms with Crippen molar-refractivity contribution in [3.8, 4) is 11.5 Å². The van der Waals surface area contributed by atoms with Gasteiger partial charge in [0.2, 0.25) is 0 Å². The number of anilines is 2. The second-order valence-corrected chi connectivity index (χ2v) is 12.9. The number of ether oxygens (including phenoxy) is 2. The minimum absolute atomic E-state index is 0.266. The molecule has 1 aliphatic rings. The fourth-order valence-corrected chi connectivity index (χ4v) is 5.67. The van der Waals surface area contributed by atoms with Crippen LogP contribution < -0.4 is 20.1 Å². The van der Waals surface area contributed by atoms with Gasteiger partial charge in [-0.1, -0.05) is 29.3 Å². The van der Waals surface area contributed by atoms with Gasteiger partial charge in [0, 0.05) is 55.8 Å². The van der Waals surface area contributed by atoms with Gasteiger partial charge >= 0.3 is 0 Å². The van der Waals surface area contributed by atoms with Crippen molar-refractivity contribution in [2.45, 2.75) is 19.8 Å². The van der Waals surface area contributed by atoms with Gasteiger partial charge in [-0.2, -0.15) is 5.10 Å². The summed E-state index contributed by atoms with van der Waals surface area (Å²) >= 11 is 16.6. The van der Waals surface area contributed by atoms with Gasteiger partial charge in [0.1, 0.15) is 0 Å². The largest absolute Gasteiger partial charge is 0.493 e. The maximum Gasteiger partial charge on any atom is 0.274 e. The molecule has 5 aromatic carbocycles. The van der Waals surface area contributed by atoms with E-state index in [2.05, 4.69) is 15.7 Å². The Morgan fingerprint density at radius 3 is 1.89 bits per heavy atom. The number of rotatable bonds is 10. The van der Waals surface area contributed by atoms with E-state index >= 15 is 0 Å². The van der Waals surface area contributed by atoms with Crippen LogP contribution in [0.2, 0.25) is 10.0 Å². The first-order valence-corrected chi connectivity index (χ1v) is 17.9. The van der Waals surface area contributed by atoms with Crippen molar-refractivity contribution in [2.24, 2.45) is 5.10 Å². The third-order valence-electron chi connectivity index (χ3n) is 8.01. The molecule has 1 heterocycles. The first-order valence-electron chi connectivity index (χ1n) is 16.8. The summed E-state index contributed by atoms with van der Waals surface area (Å²) in [5.74, 6) is 0.352. The van der Waals surface area contributed by atoms with E-state index in [4.69, 9.17) is 44.3 Å². The number of hydrogen-bond donors (Lipinski definition) is 2. The van der Waals surface area contributed by atoms with Crippen LogP contribution in [0.1, 0.15) is 66.8 Å². The third kappa shape index (κ3) is 10.7. The zero-order valence-electron chi connectivity index (χ0n) is 29.3. The van der Waals surface area contributed by atoms with Crippen LogP contribution in [0.25, 0.3) is 0 Å². The summed E-state index contributed by atoms with van der Waals surface area (Å²) in [6.07, 6.45) is 1.48. The fourth-order valence-electron chi connectivity index (χ4n) is 5.29. The van der Waals surface area contributed by atoms with Crippen molar-refractivity contribution >= 4 is 74.9 Å². The number of nitrogens with one attached hydrogen (secondary N) is 2. The van der Waals surface area contributed by atoms with E-state index in [9.17, 15) is 19.2 Å². The molecule has 5 aromatic rings. The predicted molar refractivity (Wildman–Crippen MR) is 213 cm³/mol. The van der Waals surface area contributed by atoms with Gasteiger partial charge < -0.3 is 20.1 Å². The lowest BCUT2D eigenvalue weighted by Crippen LogP contribution is -2.32. The van der Waals surface area contributed by atoms with Crippen LogP contribution in [0.4, 0.5) is 11.4 Å². The van der Waals surface area contributed by atoms with Gasteiger partial charge in [-0.15, -0.1) is 0 Å². The number of methoxy groups -OCH3 is 1. The number of hydrazone groups is 1. The molecule has 6 rings (SSSR count). The molecule has 0 atom stereocenters. The van der Waals surface area contributed by atoms with Crippen molar-refractivity contribution in [3.63, 3.8) is 0 Å². The highest BCUT2D eigenvalue weighted by Gasteiger charge is 2.22. The Morgan fingerprint density at radius 2 is 1.30 bits per heavy atom. The van der Waals surface area contributed by atoms with Crippen LogP contribution in [-0.2, 0) is 0 Å². The Morgan fingerprint density at radius 1 is 0.704 bits per heavy atom. The van der Waals surface area contributed by atoms with E-state index in [-0.39, 0.29) is 17.7 Å². The first-order chi connectivity index (χ1) is 26.0. The van der Waals surface area contributed by atoms with Gasteiger partial charge in [0.05, 0.1) is 19.4 Å². The van der Waals surface area contributed by atoms with Gasteiger partial charge in [0.25, 0.3) is 23.0 Å². The lowest BCUT2D eigenvalue weighted by atomic mass is 10.0.